The Hall–Kier alpha value is -0.480. The number of thioether (sulfide) groups is 1. The molecule has 16 heavy (non-hydrogen) atoms. The molecule has 0 bridgehead atoms. The number of likely N-dealkylation sites (N-methyl/N-ethyl adjacent to an activating group) is 1. The lowest BCUT2D eigenvalue weighted by Gasteiger charge is -2.19. The van der Waals surface area contributed by atoms with Crippen molar-refractivity contribution in [1.82, 2.24) is 10.3 Å². The summed E-state index contributed by atoms with van der Waals surface area (Å²) in [6.45, 7) is 0.953. The Morgan fingerprint density at radius 3 is 3.06 bits per heavy atom. The molecule has 1 N–H and O–H groups in total. The van der Waals surface area contributed by atoms with Crippen LogP contribution in [0.2, 0.25) is 0 Å². The maximum absolute atomic E-state index is 5.73. The first kappa shape index (κ1) is 12.0. The lowest BCUT2D eigenvalue weighted by Crippen LogP contribution is -2.12. The van der Waals surface area contributed by atoms with Gasteiger partial charge in [0.1, 0.15) is 5.76 Å². The molecular formula is C12H20N2OS. The first-order valence-electron chi connectivity index (χ1n) is 6.04. The van der Waals surface area contributed by atoms with Gasteiger partial charge >= 0.3 is 0 Å². The molecule has 1 saturated heterocycles. The lowest BCUT2D eigenvalue weighted by atomic mass is 9.99. The molecule has 0 radical (unpaired) electrons. The third-order valence-electron chi connectivity index (χ3n) is 3.03. The largest absolute Gasteiger partial charge is 0.446 e. The summed E-state index contributed by atoms with van der Waals surface area (Å²) in [4.78, 5) is 4.36. The van der Waals surface area contributed by atoms with Gasteiger partial charge in [-0.15, -0.1) is 0 Å². The van der Waals surface area contributed by atoms with Crippen LogP contribution in [-0.2, 0) is 12.8 Å². The van der Waals surface area contributed by atoms with Gasteiger partial charge in [-0.3, -0.25) is 0 Å². The van der Waals surface area contributed by atoms with Gasteiger partial charge < -0.3 is 9.73 Å². The summed E-state index contributed by atoms with van der Waals surface area (Å²) in [5.41, 5.74) is 0. The summed E-state index contributed by atoms with van der Waals surface area (Å²) in [7, 11) is 1.96. The van der Waals surface area contributed by atoms with Crippen LogP contribution in [0.1, 0.15) is 24.5 Å². The summed E-state index contributed by atoms with van der Waals surface area (Å²) in [6.07, 6.45) is 6.48. The molecule has 0 amide bonds. The summed E-state index contributed by atoms with van der Waals surface area (Å²) < 4.78 is 5.73. The quantitative estimate of drug-likeness (QED) is 0.855. The summed E-state index contributed by atoms with van der Waals surface area (Å²) in [5, 5.41) is 3.12. The molecule has 2 heterocycles. The smallest absolute Gasteiger partial charge is 0.194 e. The lowest BCUT2D eigenvalue weighted by molar-refractivity contribution is 0.391. The number of aromatic nitrogens is 1. The van der Waals surface area contributed by atoms with Crippen LogP contribution in [0, 0.1) is 5.92 Å². The van der Waals surface area contributed by atoms with Crippen LogP contribution in [0.4, 0.5) is 0 Å². The molecule has 1 aromatic rings. The molecule has 1 aliphatic heterocycles. The Bertz CT molecular complexity index is 308. The number of hydrogen-bond donors (Lipinski definition) is 1. The number of rotatable bonds is 5. The van der Waals surface area contributed by atoms with Crippen LogP contribution in [0.15, 0.2) is 10.6 Å². The van der Waals surface area contributed by atoms with Gasteiger partial charge in [0.25, 0.3) is 0 Å². The van der Waals surface area contributed by atoms with E-state index in [-0.39, 0.29) is 0 Å². The van der Waals surface area contributed by atoms with Crippen LogP contribution in [-0.4, -0.2) is 30.1 Å². The standard InChI is InChI=1S/C12H20N2OS/c1-13-5-2-11-9-14-12(15-11)8-10-3-6-16-7-4-10/h9-10,13H,2-8H2,1H3. The maximum Gasteiger partial charge on any atom is 0.194 e. The van der Waals surface area contributed by atoms with Crippen LogP contribution in [0.5, 0.6) is 0 Å². The fourth-order valence-corrected chi connectivity index (χ4v) is 3.21. The van der Waals surface area contributed by atoms with Gasteiger partial charge in [-0.1, -0.05) is 0 Å². The van der Waals surface area contributed by atoms with Gasteiger partial charge in [0, 0.05) is 19.4 Å². The third kappa shape index (κ3) is 3.52. The average Bonchev–Trinajstić information content (AvgIpc) is 2.75. The number of nitrogens with zero attached hydrogens (tertiary/aromatic N) is 1. The fraction of sp³-hybridized carbons (Fsp3) is 0.750. The van der Waals surface area contributed by atoms with Crippen LogP contribution in [0.3, 0.4) is 0 Å². The van der Waals surface area contributed by atoms with Crippen LogP contribution >= 0.6 is 11.8 Å². The summed E-state index contributed by atoms with van der Waals surface area (Å²) in [5.74, 6) is 5.34. The van der Waals surface area contributed by atoms with E-state index in [1.165, 1.54) is 24.3 Å². The molecule has 1 aliphatic rings. The highest BCUT2D eigenvalue weighted by Gasteiger charge is 2.16. The molecule has 0 atom stereocenters. The van der Waals surface area contributed by atoms with E-state index in [1.807, 2.05) is 13.2 Å². The Labute approximate surface area is 101 Å². The van der Waals surface area contributed by atoms with Gasteiger partial charge in [0.15, 0.2) is 5.89 Å². The number of oxazole rings is 1. The van der Waals surface area contributed by atoms with E-state index < -0.39 is 0 Å². The number of nitrogens with one attached hydrogen (secondary N) is 1. The van der Waals surface area contributed by atoms with Crippen molar-refractivity contribution in [3.05, 3.63) is 17.8 Å². The maximum atomic E-state index is 5.73. The highest BCUT2D eigenvalue weighted by Crippen LogP contribution is 2.25. The minimum atomic E-state index is 0.789. The van der Waals surface area contributed by atoms with Crippen molar-refractivity contribution < 1.29 is 4.42 Å². The SMILES string of the molecule is CNCCc1cnc(CC2CCSCC2)o1. The molecule has 0 unspecified atom stereocenters. The molecular weight excluding hydrogens is 220 g/mol. The molecule has 0 aliphatic carbocycles. The van der Waals surface area contributed by atoms with Gasteiger partial charge in [-0.05, 0) is 37.3 Å². The predicted octanol–water partition coefficient (Wildman–Crippen LogP) is 2.12. The highest BCUT2D eigenvalue weighted by atomic mass is 32.2. The first-order valence-corrected chi connectivity index (χ1v) is 7.20. The van der Waals surface area contributed by atoms with E-state index in [4.69, 9.17) is 4.42 Å². The van der Waals surface area contributed by atoms with Crippen molar-refractivity contribution in [2.45, 2.75) is 25.7 Å². The Kier molecular flexibility index (Phi) is 4.72. The van der Waals surface area contributed by atoms with Crippen molar-refractivity contribution in [3.8, 4) is 0 Å². The summed E-state index contributed by atoms with van der Waals surface area (Å²) >= 11 is 2.07. The Balaban J connectivity index is 1.81. The second kappa shape index (κ2) is 6.30. The minimum absolute atomic E-state index is 0.789. The molecule has 4 heteroatoms. The molecule has 0 spiro atoms. The zero-order chi connectivity index (χ0) is 11.2. The van der Waals surface area contributed by atoms with E-state index in [1.54, 1.807) is 0 Å². The fourth-order valence-electron chi connectivity index (χ4n) is 2.00. The van der Waals surface area contributed by atoms with Gasteiger partial charge in [0.2, 0.25) is 0 Å². The third-order valence-corrected chi connectivity index (χ3v) is 4.08. The normalized spacial score (nSPS) is 17.8. The zero-order valence-corrected chi connectivity index (χ0v) is 10.7. The van der Waals surface area contributed by atoms with Crippen LogP contribution in [0.25, 0.3) is 0 Å². The Morgan fingerprint density at radius 1 is 1.50 bits per heavy atom. The van der Waals surface area contributed by atoms with Gasteiger partial charge in [-0.2, -0.15) is 11.8 Å². The van der Waals surface area contributed by atoms with Crippen molar-refractivity contribution in [2.24, 2.45) is 5.92 Å². The number of hydrogen-bond acceptors (Lipinski definition) is 4. The van der Waals surface area contributed by atoms with E-state index in [0.717, 1.165) is 37.0 Å². The molecule has 0 saturated carbocycles. The van der Waals surface area contributed by atoms with Crippen molar-refractivity contribution in [2.75, 3.05) is 25.1 Å². The van der Waals surface area contributed by atoms with E-state index in [2.05, 4.69) is 22.1 Å². The second-order valence-electron chi connectivity index (χ2n) is 4.33. The van der Waals surface area contributed by atoms with E-state index in [0.29, 0.717) is 0 Å². The van der Waals surface area contributed by atoms with E-state index >= 15 is 0 Å². The topological polar surface area (TPSA) is 38.1 Å². The van der Waals surface area contributed by atoms with Crippen LogP contribution < -0.4 is 5.32 Å². The Morgan fingerprint density at radius 2 is 2.31 bits per heavy atom. The molecule has 90 valence electrons. The molecule has 1 aromatic heterocycles. The molecule has 1 fully saturated rings. The predicted molar refractivity (Wildman–Crippen MR) is 67.9 cm³/mol. The van der Waals surface area contributed by atoms with Crippen molar-refractivity contribution in [1.29, 1.82) is 0 Å². The van der Waals surface area contributed by atoms with Crippen molar-refractivity contribution >= 4 is 11.8 Å². The second-order valence-corrected chi connectivity index (χ2v) is 5.56. The van der Waals surface area contributed by atoms with E-state index in [9.17, 15) is 0 Å². The minimum Gasteiger partial charge on any atom is -0.446 e. The van der Waals surface area contributed by atoms with Crippen molar-refractivity contribution in [3.63, 3.8) is 0 Å². The highest BCUT2D eigenvalue weighted by molar-refractivity contribution is 7.99. The first-order chi connectivity index (χ1) is 7.88. The average molecular weight is 240 g/mol. The molecule has 2 rings (SSSR count). The molecule has 3 nitrogen and oxygen atoms in total. The van der Waals surface area contributed by atoms with Gasteiger partial charge in [0.05, 0.1) is 6.20 Å². The summed E-state index contributed by atoms with van der Waals surface area (Å²) in [6, 6.07) is 0. The zero-order valence-electron chi connectivity index (χ0n) is 9.87. The molecule has 0 aromatic carbocycles. The monoisotopic (exact) mass is 240 g/mol. The van der Waals surface area contributed by atoms with Gasteiger partial charge in [-0.25, -0.2) is 4.98 Å².